The van der Waals surface area contributed by atoms with Crippen molar-refractivity contribution in [1.82, 2.24) is 10.3 Å². The molecule has 0 saturated carbocycles. The average Bonchev–Trinajstić information content (AvgIpc) is 2.06. The smallest absolute Gasteiger partial charge is 0.224 e. The van der Waals surface area contributed by atoms with E-state index in [2.05, 4.69) is 10.3 Å². The summed E-state index contributed by atoms with van der Waals surface area (Å²) in [5.41, 5.74) is 0.986. The lowest BCUT2D eigenvalue weighted by Crippen LogP contribution is -2.19. The standard InChI is InChI=1S/C8H10N2O/c1-9-8(11)6-7-2-4-10-5-3-7/h2-5H,6H2,1H3,(H,9,11). The second-order valence-corrected chi connectivity index (χ2v) is 2.21. The lowest BCUT2D eigenvalue weighted by molar-refractivity contribution is -0.119. The second kappa shape index (κ2) is 3.71. The lowest BCUT2D eigenvalue weighted by atomic mass is 10.2. The van der Waals surface area contributed by atoms with Gasteiger partial charge in [-0.15, -0.1) is 0 Å². The highest BCUT2D eigenvalue weighted by atomic mass is 16.1. The molecule has 0 bridgehead atoms. The fourth-order valence-corrected chi connectivity index (χ4v) is 0.774. The van der Waals surface area contributed by atoms with E-state index in [4.69, 9.17) is 0 Å². The number of amides is 1. The zero-order valence-corrected chi connectivity index (χ0v) is 6.37. The van der Waals surface area contributed by atoms with Gasteiger partial charge in [-0.3, -0.25) is 9.78 Å². The Morgan fingerprint density at radius 3 is 2.73 bits per heavy atom. The minimum absolute atomic E-state index is 0.0243. The van der Waals surface area contributed by atoms with Crippen LogP contribution in [0.1, 0.15) is 5.56 Å². The van der Waals surface area contributed by atoms with Crippen molar-refractivity contribution in [2.24, 2.45) is 0 Å². The number of nitrogens with one attached hydrogen (secondary N) is 1. The van der Waals surface area contributed by atoms with E-state index < -0.39 is 0 Å². The highest BCUT2D eigenvalue weighted by molar-refractivity contribution is 5.78. The van der Waals surface area contributed by atoms with Crippen LogP contribution in [0.2, 0.25) is 0 Å². The van der Waals surface area contributed by atoms with Crippen molar-refractivity contribution in [3.8, 4) is 0 Å². The first-order valence-corrected chi connectivity index (χ1v) is 3.42. The van der Waals surface area contributed by atoms with Crippen LogP contribution in [0, 0.1) is 0 Å². The minimum atomic E-state index is 0.0243. The van der Waals surface area contributed by atoms with Crippen molar-refractivity contribution in [2.45, 2.75) is 6.42 Å². The first-order chi connectivity index (χ1) is 5.33. The zero-order chi connectivity index (χ0) is 8.10. The van der Waals surface area contributed by atoms with Crippen molar-refractivity contribution in [3.05, 3.63) is 30.1 Å². The number of hydrogen-bond donors (Lipinski definition) is 1. The molecule has 3 heteroatoms. The van der Waals surface area contributed by atoms with Gasteiger partial charge in [-0.1, -0.05) is 0 Å². The van der Waals surface area contributed by atoms with Gasteiger partial charge in [-0.25, -0.2) is 0 Å². The van der Waals surface area contributed by atoms with Gasteiger partial charge in [-0.05, 0) is 17.7 Å². The van der Waals surface area contributed by atoms with Crippen LogP contribution in [0.3, 0.4) is 0 Å². The highest BCUT2D eigenvalue weighted by Gasteiger charge is 1.97. The molecule has 0 saturated heterocycles. The molecule has 0 aliphatic carbocycles. The van der Waals surface area contributed by atoms with E-state index in [1.54, 1.807) is 19.4 Å². The fraction of sp³-hybridized carbons (Fsp3) is 0.250. The Morgan fingerprint density at radius 2 is 2.18 bits per heavy atom. The van der Waals surface area contributed by atoms with Gasteiger partial charge in [0.1, 0.15) is 0 Å². The Morgan fingerprint density at radius 1 is 1.55 bits per heavy atom. The summed E-state index contributed by atoms with van der Waals surface area (Å²) in [6.45, 7) is 0. The largest absolute Gasteiger partial charge is 0.359 e. The number of carbonyl (C=O) groups excluding carboxylic acids is 1. The monoisotopic (exact) mass is 150 g/mol. The molecule has 1 aromatic heterocycles. The third-order valence-electron chi connectivity index (χ3n) is 1.39. The number of pyridine rings is 1. The van der Waals surface area contributed by atoms with Crippen LogP contribution >= 0.6 is 0 Å². The van der Waals surface area contributed by atoms with Crippen molar-refractivity contribution >= 4 is 5.91 Å². The molecule has 0 unspecified atom stereocenters. The molecule has 1 rings (SSSR count). The van der Waals surface area contributed by atoms with Crippen LogP contribution in [0.15, 0.2) is 24.5 Å². The third kappa shape index (κ3) is 2.37. The maximum Gasteiger partial charge on any atom is 0.224 e. The Bertz CT molecular complexity index is 233. The van der Waals surface area contributed by atoms with Gasteiger partial charge in [0.05, 0.1) is 6.42 Å². The molecule has 1 heterocycles. The molecular formula is C8H10N2O. The summed E-state index contributed by atoms with van der Waals surface area (Å²) < 4.78 is 0. The Balaban J connectivity index is 2.58. The third-order valence-corrected chi connectivity index (χ3v) is 1.39. The summed E-state index contributed by atoms with van der Waals surface area (Å²) in [6, 6.07) is 3.66. The first-order valence-electron chi connectivity index (χ1n) is 3.42. The summed E-state index contributed by atoms with van der Waals surface area (Å²) in [5.74, 6) is 0.0243. The van der Waals surface area contributed by atoms with Crippen LogP contribution in [-0.4, -0.2) is 17.9 Å². The summed E-state index contributed by atoms with van der Waals surface area (Å²) in [5, 5.41) is 2.55. The van der Waals surface area contributed by atoms with Gasteiger partial charge in [0.15, 0.2) is 0 Å². The Kier molecular flexibility index (Phi) is 2.60. The molecule has 0 fully saturated rings. The van der Waals surface area contributed by atoms with Crippen LogP contribution in [0.4, 0.5) is 0 Å². The number of aromatic nitrogens is 1. The van der Waals surface area contributed by atoms with Crippen LogP contribution in [0.5, 0.6) is 0 Å². The zero-order valence-electron chi connectivity index (χ0n) is 6.37. The predicted molar refractivity (Wildman–Crippen MR) is 42.0 cm³/mol. The Hall–Kier alpha value is -1.38. The molecule has 0 radical (unpaired) electrons. The molecule has 1 N–H and O–H groups in total. The molecule has 11 heavy (non-hydrogen) atoms. The van der Waals surface area contributed by atoms with E-state index in [0.717, 1.165) is 5.56 Å². The van der Waals surface area contributed by atoms with E-state index in [1.165, 1.54) is 0 Å². The van der Waals surface area contributed by atoms with Gasteiger partial charge in [-0.2, -0.15) is 0 Å². The van der Waals surface area contributed by atoms with Crippen molar-refractivity contribution in [1.29, 1.82) is 0 Å². The van der Waals surface area contributed by atoms with Gasteiger partial charge in [0.25, 0.3) is 0 Å². The SMILES string of the molecule is CNC(=O)Cc1ccncc1. The number of carbonyl (C=O) groups is 1. The molecule has 0 spiro atoms. The van der Waals surface area contributed by atoms with Gasteiger partial charge in [0, 0.05) is 19.4 Å². The van der Waals surface area contributed by atoms with Crippen LogP contribution in [0.25, 0.3) is 0 Å². The molecule has 1 amide bonds. The molecule has 58 valence electrons. The molecular weight excluding hydrogens is 140 g/mol. The minimum Gasteiger partial charge on any atom is -0.359 e. The van der Waals surface area contributed by atoms with E-state index in [9.17, 15) is 4.79 Å². The van der Waals surface area contributed by atoms with E-state index in [1.807, 2.05) is 12.1 Å². The fourth-order valence-electron chi connectivity index (χ4n) is 0.774. The Labute approximate surface area is 65.5 Å². The topological polar surface area (TPSA) is 42.0 Å². The maximum absolute atomic E-state index is 10.8. The maximum atomic E-state index is 10.8. The first kappa shape index (κ1) is 7.72. The molecule has 3 nitrogen and oxygen atoms in total. The molecule has 1 aromatic rings. The summed E-state index contributed by atoms with van der Waals surface area (Å²) in [7, 11) is 1.63. The van der Waals surface area contributed by atoms with Crippen molar-refractivity contribution in [2.75, 3.05) is 7.05 Å². The van der Waals surface area contributed by atoms with E-state index in [-0.39, 0.29) is 5.91 Å². The number of hydrogen-bond acceptors (Lipinski definition) is 2. The summed E-state index contributed by atoms with van der Waals surface area (Å²) >= 11 is 0. The number of rotatable bonds is 2. The molecule has 0 atom stereocenters. The number of likely N-dealkylation sites (N-methyl/N-ethyl adjacent to an activating group) is 1. The number of nitrogens with zero attached hydrogens (tertiary/aromatic N) is 1. The molecule has 0 aliphatic rings. The van der Waals surface area contributed by atoms with Gasteiger partial charge >= 0.3 is 0 Å². The van der Waals surface area contributed by atoms with Crippen LogP contribution in [-0.2, 0) is 11.2 Å². The summed E-state index contributed by atoms with van der Waals surface area (Å²) in [4.78, 5) is 14.7. The molecule has 0 aliphatic heterocycles. The van der Waals surface area contributed by atoms with Gasteiger partial charge in [0.2, 0.25) is 5.91 Å². The highest BCUT2D eigenvalue weighted by Crippen LogP contribution is 1.96. The van der Waals surface area contributed by atoms with E-state index >= 15 is 0 Å². The van der Waals surface area contributed by atoms with E-state index in [0.29, 0.717) is 6.42 Å². The molecule has 0 aromatic carbocycles. The van der Waals surface area contributed by atoms with Crippen LogP contribution < -0.4 is 5.32 Å². The summed E-state index contributed by atoms with van der Waals surface area (Å²) in [6.07, 6.45) is 3.79. The normalized spacial score (nSPS) is 9.18. The van der Waals surface area contributed by atoms with Crippen molar-refractivity contribution in [3.63, 3.8) is 0 Å². The quantitative estimate of drug-likeness (QED) is 0.661. The van der Waals surface area contributed by atoms with Gasteiger partial charge < -0.3 is 5.32 Å². The lowest BCUT2D eigenvalue weighted by Gasteiger charge is -1.97. The second-order valence-electron chi connectivity index (χ2n) is 2.21. The average molecular weight is 150 g/mol. The predicted octanol–water partition coefficient (Wildman–Crippen LogP) is 0.370. The van der Waals surface area contributed by atoms with Crippen molar-refractivity contribution < 1.29 is 4.79 Å².